The molecule has 0 radical (unpaired) electrons. The number of allylic oxidation sites excluding steroid dienone is 4. The Bertz CT molecular complexity index is 3350. The first-order chi connectivity index (χ1) is 34.8. The van der Waals surface area contributed by atoms with Gasteiger partial charge in [0.05, 0.1) is 23.8 Å². The van der Waals surface area contributed by atoms with Crippen molar-refractivity contribution in [2.24, 2.45) is 0 Å². The van der Waals surface area contributed by atoms with Gasteiger partial charge >= 0.3 is 17.9 Å². The number of fused-ring (bicyclic) bond motifs is 2. The van der Waals surface area contributed by atoms with Crippen LogP contribution in [0.25, 0.3) is 39.1 Å². The highest BCUT2D eigenvalue weighted by Crippen LogP contribution is 2.46. The highest BCUT2D eigenvalue weighted by atomic mass is 17.2. The Morgan fingerprint density at radius 2 is 1.20 bits per heavy atom. The minimum atomic E-state index is -0.546. The van der Waals surface area contributed by atoms with Gasteiger partial charge in [-0.2, -0.15) is 4.89 Å². The lowest BCUT2D eigenvalue weighted by Gasteiger charge is -2.22. The maximum absolute atomic E-state index is 14.1. The fourth-order valence-electron chi connectivity index (χ4n) is 8.69. The van der Waals surface area contributed by atoms with Crippen molar-refractivity contribution in [1.82, 2.24) is 0 Å². The van der Waals surface area contributed by atoms with Crippen LogP contribution in [0.2, 0.25) is 0 Å². The Labute approximate surface area is 410 Å². The van der Waals surface area contributed by atoms with Gasteiger partial charge in [-0.05, 0) is 160 Å². The Kier molecular flexibility index (Phi) is 13.3. The van der Waals surface area contributed by atoms with Gasteiger partial charge in [-0.1, -0.05) is 103 Å². The van der Waals surface area contributed by atoms with E-state index in [2.05, 4.69) is 6.08 Å². The van der Waals surface area contributed by atoms with Crippen LogP contribution in [0, 0.1) is 0 Å². The lowest BCUT2D eigenvalue weighted by Crippen LogP contribution is -2.12. The highest BCUT2D eigenvalue weighted by Gasteiger charge is 2.26. The summed E-state index contributed by atoms with van der Waals surface area (Å²) in [4.78, 5) is 51.7. The van der Waals surface area contributed by atoms with E-state index in [1.54, 1.807) is 43.5 Å². The number of aryl methyl sites for hydroxylation is 1. The van der Waals surface area contributed by atoms with E-state index in [1.165, 1.54) is 24.3 Å². The molecule has 350 valence electrons. The zero-order chi connectivity index (χ0) is 48.7. The summed E-state index contributed by atoms with van der Waals surface area (Å²) in [7, 11) is 1.62. The van der Waals surface area contributed by atoms with Gasteiger partial charge in [0.25, 0.3) is 0 Å². The van der Waals surface area contributed by atoms with Crippen LogP contribution in [0.4, 0.5) is 0 Å². The quantitative estimate of drug-likeness (QED) is 0.0487. The summed E-state index contributed by atoms with van der Waals surface area (Å²) in [5.74, 6) is 0.875. The zero-order valence-electron chi connectivity index (χ0n) is 38.6. The summed E-state index contributed by atoms with van der Waals surface area (Å²) in [6.45, 7) is 0.273. The first-order valence-electron chi connectivity index (χ1n) is 23.2. The average molecular weight is 939 g/mol. The predicted octanol–water partition coefficient (Wildman–Crippen LogP) is 13.6. The van der Waals surface area contributed by atoms with E-state index in [1.807, 2.05) is 133 Å². The molecule has 0 saturated heterocycles. The molecule has 10 heteroatoms. The Balaban J connectivity index is 0.852. The minimum Gasteiger partial charge on any atom is -0.508 e. The van der Waals surface area contributed by atoms with Crippen LogP contribution in [-0.2, 0) is 22.7 Å². The molecule has 0 aromatic heterocycles. The second kappa shape index (κ2) is 20.7. The van der Waals surface area contributed by atoms with Crippen molar-refractivity contribution in [2.45, 2.75) is 31.8 Å². The van der Waals surface area contributed by atoms with Gasteiger partial charge in [-0.3, -0.25) is 0 Å². The molecular formula is C61H46O10. The van der Waals surface area contributed by atoms with E-state index < -0.39 is 17.9 Å². The number of aromatic hydroxyl groups is 1. The van der Waals surface area contributed by atoms with Crippen molar-refractivity contribution < 1.29 is 48.2 Å². The summed E-state index contributed by atoms with van der Waals surface area (Å²) < 4.78 is 23.4. The molecule has 1 N–H and O–H groups in total. The van der Waals surface area contributed by atoms with Gasteiger partial charge < -0.3 is 28.9 Å². The van der Waals surface area contributed by atoms with Gasteiger partial charge in [0.1, 0.15) is 35.4 Å². The number of ether oxygens (including phenoxy) is 4. The molecule has 10 rings (SSSR count). The predicted molar refractivity (Wildman–Crippen MR) is 271 cm³/mol. The summed E-state index contributed by atoms with van der Waals surface area (Å²) in [6, 6.07) is 50.8. The third kappa shape index (κ3) is 10.4. The largest absolute Gasteiger partial charge is 0.508 e. The molecule has 0 fully saturated rings. The van der Waals surface area contributed by atoms with E-state index in [0.717, 1.165) is 62.7 Å². The number of benzene rings is 8. The second-order valence-electron chi connectivity index (χ2n) is 17.1. The number of rotatable bonds is 14. The van der Waals surface area contributed by atoms with Gasteiger partial charge in [-0.25, -0.2) is 14.4 Å². The number of carbonyl (C=O) groups excluding carboxylic acids is 3. The molecular weight excluding hydrogens is 893 g/mol. The standard InChI is InChI=1S/C61H46O10/c1-66-50-30-10-39(11-31-50)38-67-71-52-34-24-43(25-35-52)41-14-18-47(19-15-41)61(65)70-56-37-27-45-7-3-5-9-54(45)58(56)57-53-8-4-2-6-44(53)26-36-55(57)69-60(64)46-16-12-40(13-17-46)42-22-32-51(33-23-42)68-59(63)48-20-28-49(62)29-21-48/h2,4-6,8-22,24-37,42,62H,3,7,23,38H2,1H3. The van der Waals surface area contributed by atoms with Gasteiger partial charge in [-0.15, -0.1) is 0 Å². The van der Waals surface area contributed by atoms with Crippen molar-refractivity contribution in [2.75, 3.05) is 7.11 Å². The van der Waals surface area contributed by atoms with Crippen molar-refractivity contribution in [3.8, 4) is 51.0 Å². The van der Waals surface area contributed by atoms with Crippen molar-refractivity contribution in [1.29, 1.82) is 0 Å². The monoisotopic (exact) mass is 938 g/mol. The fourth-order valence-corrected chi connectivity index (χ4v) is 8.69. The topological polar surface area (TPSA) is 127 Å². The Morgan fingerprint density at radius 3 is 1.87 bits per heavy atom. The molecule has 0 saturated carbocycles. The average Bonchev–Trinajstić information content (AvgIpc) is 3.42. The molecule has 2 aliphatic rings. The highest BCUT2D eigenvalue weighted by molar-refractivity contribution is 6.06. The molecule has 8 aromatic rings. The smallest absolute Gasteiger partial charge is 0.343 e. The number of methoxy groups -OCH3 is 1. The van der Waals surface area contributed by atoms with E-state index in [0.29, 0.717) is 57.2 Å². The molecule has 10 nitrogen and oxygen atoms in total. The summed E-state index contributed by atoms with van der Waals surface area (Å²) in [5, 5.41) is 11.3. The van der Waals surface area contributed by atoms with Gasteiger partial charge in [0.2, 0.25) is 0 Å². The van der Waals surface area contributed by atoms with E-state index in [4.69, 9.17) is 28.7 Å². The van der Waals surface area contributed by atoms with Crippen LogP contribution >= 0.6 is 0 Å². The van der Waals surface area contributed by atoms with E-state index >= 15 is 0 Å². The SMILES string of the molecule is COc1ccc(COOc2ccc(-c3ccc(C(=O)Oc4ccc5c(c4-c4c(OC(=O)c6ccc(C7C=CC(OC(=O)c8ccc(O)cc8)=CC7)cc6)ccc6ccccc46)C=CCC5)cc3)cc2)cc1. The molecule has 0 bridgehead atoms. The van der Waals surface area contributed by atoms with Crippen LogP contribution in [0.1, 0.15) is 72.1 Å². The molecule has 0 heterocycles. The zero-order valence-corrected chi connectivity index (χ0v) is 38.6. The summed E-state index contributed by atoms with van der Waals surface area (Å²) in [6.07, 6.45) is 12.0. The molecule has 0 spiro atoms. The van der Waals surface area contributed by atoms with Crippen LogP contribution in [0.5, 0.6) is 28.7 Å². The number of hydrogen-bond donors (Lipinski definition) is 1. The molecule has 1 unspecified atom stereocenters. The number of phenolic OH excluding ortho intramolecular Hbond substituents is 1. The summed E-state index contributed by atoms with van der Waals surface area (Å²) in [5.41, 5.74) is 8.05. The second-order valence-corrected chi connectivity index (χ2v) is 17.1. The van der Waals surface area contributed by atoms with Crippen molar-refractivity contribution >= 4 is 34.8 Å². The number of carbonyl (C=O) groups is 3. The van der Waals surface area contributed by atoms with Crippen molar-refractivity contribution in [3.63, 3.8) is 0 Å². The first-order valence-corrected chi connectivity index (χ1v) is 23.2. The van der Waals surface area contributed by atoms with E-state index in [-0.39, 0.29) is 18.3 Å². The normalized spacial score (nSPS) is 13.7. The van der Waals surface area contributed by atoms with Crippen LogP contribution < -0.4 is 19.1 Å². The Morgan fingerprint density at radius 1 is 0.592 bits per heavy atom. The fraction of sp³-hybridized carbons (Fsp3) is 0.0984. The molecule has 0 amide bonds. The lowest BCUT2D eigenvalue weighted by molar-refractivity contribution is -0.217. The maximum atomic E-state index is 14.1. The molecule has 2 aliphatic carbocycles. The van der Waals surface area contributed by atoms with Gasteiger partial charge in [0, 0.05) is 17.0 Å². The molecule has 0 aliphatic heterocycles. The third-order valence-electron chi connectivity index (χ3n) is 12.5. The Hall–Kier alpha value is -8.99. The molecule has 1 atom stereocenters. The molecule has 8 aromatic carbocycles. The van der Waals surface area contributed by atoms with Gasteiger partial charge in [0.15, 0.2) is 5.75 Å². The summed E-state index contributed by atoms with van der Waals surface area (Å²) >= 11 is 0. The number of hydrogen-bond acceptors (Lipinski definition) is 10. The van der Waals surface area contributed by atoms with Crippen LogP contribution in [0.15, 0.2) is 200 Å². The maximum Gasteiger partial charge on any atom is 0.343 e. The first kappa shape index (κ1) is 45.8. The minimum absolute atomic E-state index is 0.00366. The third-order valence-corrected chi connectivity index (χ3v) is 12.5. The van der Waals surface area contributed by atoms with E-state index in [9.17, 15) is 19.5 Å². The van der Waals surface area contributed by atoms with Crippen LogP contribution in [-0.4, -0.2) is 30.1 Å². The van der Waals surface area contributed by atoms with Crippen molar-refractivity contribution in [3.05, 3.63) is 239 Å². The lowest BCUT2D eigenvalue weighted by atomic mass is 9.87. The van der Waals surface area contributed by atoms with Crippen LogP contribution in [0.3, 0.4) is 0 Å². The number of phenols is 1. The molecule has 71 heavy (non-hydrogen) atoms. The number of esters is 3.